The fraction of sp³-hybridized carbons (Fsp3) is 0.750. The van der Waals surface area contributed by atoms with Crippen LogP contribution in [0.15, 0.2) is 0 Å². The number of carboxylic acid groups (broad SMARTS) is 1. The smallest absolute Gasteiger partial charge is 0.307 e. The molecule has 0 radical (unpaired) electrons. The van der Waals surface area contributed by atoms with Gasteiger partial charge in [-0.3, -0.25) is 14.4 Å². The SMILES string of the molecule is COCCNC(=O)CNC(=O)[C@H]1[C@@H](C(=O)O)C1(C)C. The number of hydrogen-bond acceptors (Lipinski definition) is 4. The molecule has 2 amide bonds. The molecule has 7 heteroatoms. The summed E-state index contributed by atoms with van der Waals surface area (Å²) >= 11 is 0. The van der Waals surface area contributed by atoms with Gasteiger partial charge in [0.1, 0.15) is 0 Å². The number of ether oxygens (including phenoxy) is 1. The summed E-state index contributed by atoms with van der Waals surface area (Å²) < 4.78 is 4.77. The monoisotopic (exact) mass is 272 g/mol. The van der Waals surface area contributed by atoms with Crippen molar-refractivity contribution in [1.82, 2.24) is 10.6 Å². The van der Waals surface area contributed by atoms with Gasteiger partial charge in [0.25, 0.3) is 0 Å². The van der Waals surface area contributed by atoms with Crippen LogP contribution in [0.5, 0.6) is 0 Å². The Morgan fingerprint density at radius 1 is 1.21 bits per heavy atom. The molecule has 0 saturated heterocycles. The first-order valence-electron chi connectivity index (χ1n) is 6.08. The minimum Gasteiger partial charge on any atom is -0.481 e. The van der Waals surface area contributed by atoms with Crippen molar-refractivity contribution in [3.63, 3.8) is 0 Å². The Bertz CT molecular complexity index is 380. The predicted octanol–water partition coefficient (Wildman–Crippen LogP) is -0.778. The van der Waals surface area contributed by atoms with Gasteiger partial charge >= 0.3 is 5.97 Å². The maximum Gasteiger partial charge on any atom is 0.307 e. The third kappa shape index (κ3) is 3.66. The van der Waals surface area contributed by atoms with E-state index >= 15 is 0 Å². The third-order valence-corrected chi connectivity index (χ3v) is 3.43. The van der Waals surface area contributed by atoms with E-state index in [1.807, 2.05) is 0 Å². The van der Waals surface area contributed by atoms with E-state index < -0.39 is 23.2 Å². The molecule has 0 aromatic carbocycles. The summed E-state index contributed by atoms with van der Waals surface area (Å²) in [7, 11) is 1.52. The van der Waals surface area contributed by atoms with Gasteiger partial charge in [0.2, 0.25) is 11.8 Å². The summed E-state index contributed by atoms with van der Waals surface area (Å²) in [4.78, 5) is 34.1. The number of carbonyl (C=O) groups excluding carboxylic acids is 2. The van der Waals surface area contributed by atoms with Crippen LogP contribution in [0.25, 0.3) is 0 Å². The summed E-state index contributed by atoms with van der Waals surface area (Å²) in [5.41, 5.74) is -0.553. The van der Waals surface area contributed by atoms with Gasteiger partial charge in [0.15, 0.2) is 0 Å². The van der Waals surface area contributed by atoms with Crippen molar-refractivity contribution in [1.29, 1.82) is 0 Å². The number of methoxy groups -OCH3 is 1. The molecule has 2 atom stereocenters. The van der Waals surface area contributed by atoms with Gasteiger partial charge in [-0.2, -0.15) is 0 Å². The fourth-order valence-electron chi connectivity index (χ4n) is 2.22. The predicted molar refractivity (Wildman–Crippen MR) is 66.3 cm³/mol. The lowest BCUT2D eigenvalue weighted by Crippen LogP contribution is -2.39. The first kappa shape index (κ1) is 15.4. The van der Waals surface area contributed by atoms with Gasteiger partial charge < -0.3 is 20.5 Å². The molecule has 0 bridgehead atoms. The number of nitrogens with one attached hydrogen (secondary N) is 2. The molecule has 19 heavy (non-hydrogen) atoms. The van der Waals surface area contributed by atoms with Crippen LogP contribution in [0.1, 0.15) is 13.8 Å². The minimum absolute atomic E-state index is 0.151. The molecule has 0 heterocycles. The molecule has 0 aromatic rings. The maximum absolute atomic E-state index is 11.8. The van der Waals surface area contributed by atoms with Crippen LogP contribution >= 0.6 is 0 Å². The quantitative estimate of drug-likeness (QED) is 0.527. The summed E-state index contributed by atoms with van der Waals surface area (Å²) in [6.07, 6.45) is 0. The molecule has 1 rings (SSSR count). The standard InChI is InChI=1S/C12H20N2O5/c1-12(2)8(9(12)11(17)18)10(16)14-6-7(15)13-4-5-19-3/h8-9H,4-6H2,1-3H3,(H,13,15)(H,14,16)(H,17,18)/t8-,9+/m1/s1. The van der Waals surface area contributed by atoms with Gasteiger partial charge in [0, 0.05) is 13.7 Å². The maximum atomic E-state index is 11.8. The van der Waals surface area contributed by atoms with Crippen LogP contribution in [-0.2, 0) is 19.1 Å². The van der Waals surface area contributed by atoms with Gasteiger partial charge in [-0.05, 0) is 5.41 Å². The summed E-state index contributed by atoms with van der Waals surface area (Å²) in [5.74, 6) is -2.94. The third-order valence-electron chi connectivity index (χ3n) is 3.43. The first-order valence-corrected chi connectivity index (χ1v) is 6.08. The van der Waals surface area contributed by atoms with E-state index in [0.717, 1.165) is 0 Å². The van der Waals surface area contributed by atoms with Crippen molar-refractivity contribution in [2.45, 2.75) is 13.8 Å². The molecule has 0 spiro atoms. The molecule has 108 valence electrons. The molecular formula is C12H20N2O5. The highest BCUT2D eigenvalue weighted by molar-refractivity contribution is 5.93. The topological polar surface area (TPSA) is 105 Å². The van der Waals surface area contributed by atoms with Gasteiger partial charge in [0.05, 0.1) is 25.0 Å². The van der Waals surface area contributed by atoms with Crippen molar-refractivity contribution in [2.24, 2.45) is 17.3 Å². The fourth-order valence-corrected chi connectivity index (χ4v) is 2.22. The number of amides is 2. The van der Waals surface area contributed by atoms with E-state index in [1.54, 1.807) is 13.8 Å². The van der Waals surface area contributed by atoms with E-state index in [0.29, 0.717) is 13.2 Å². The highest BCUT2D eigenvalue weighted by Crippen LogP contribution is 2.58. The first-order chi connectivity index (χ1) is 8.82. The second-order valence-electron chi connectivity index (χ2n) is 5.18. The zero-order valence-corrected chi connectivity index (χ0v) is 11.4. The Kier molecular flexibility index (Phi) is 4.88. The molecule has 1 fully saturated rings. The summed E-state index contributed by atoms with van der Waals surface area (Å²) in [6, 6.07) is 0. The van der Waals surface area contributed by atoms with Crippen LogP contribution in [0.3, 0.4) is 0 Å². The zero-order valence-electron chi connectivity index (χ0n) is 11.4. The average Bonchev–Trinajstić information content (AvgIpc) is 2.90. The molecule has 3 N–H and O–H groups in total. The summed E-state index contributed by atoms with van der Waals surface area (Å²) in [5, 5.41) is 14.0. The van der Waals surface area contributed by atoms with E-state index in [-0.39, 0.29) is 18.4 Å². The second-order valence-corrected chi connectivity index (χ2v) is 5.18. The summed E-state index contributed by atoms with van der Waals surface area (Å²) in [6.45, 7) is 4.08. The van der Waals surface area contributed by atoms with Crippen LogP contribution in [-0.4, -0.2) is 49.7 Å². The van der Waals surface area contributed by atoms with Crippen molar-refractivity contribution in [3.05, 3.63) is 0 Å². The Morgan fingerprint density at radius 3 is 2.32 bits per heavy atom. The minimum atomic E-state index is -0.977. The second kappa shape index (κ2) is 6.01. The Balaban J connectivity index is 2.33. The van der Waals surface area contributed by atoms with Crippen molar-refractivity contribution < 1.29 is 24.2 Å². The number of rotatable bonds is 7. The highest BCUT2D eigenvalue weighted by Gasteiger charge is 2.65. The van der Waals surface area contributed by atoms with E-state index in [9.17, 15) is 14.4 Å². The molecule has 0 unspecified atom stereocenters. The van der Waals surface area contributed by atoms with E-state index in [4.69, 9.17) is 9.84 Å². The largest absolute Gasteiger partial charge is 0.481 e. The number of carbonyl (C=O) groups is 3. The lowest BCUT2D eigenvalue weighted by Gasteiger charge is -2.07. The van der Waals surface area contributed by atoms with E-state index in [2.05, 4.69) is 10.6 Å². The van der Waals surface area contributed by atoms with Crippen molar-refractivity contribution >= 4 is 17.8 Å². The van der Waals surface area contributed by atoms with Crippen molar-refractivity contribution in [3.8, 4) is 0 Å². The van der Waals surface area contributed by atoms with Gasteiger partial charge in [-0.25, -0.2) is 0 Å². The molecule has 1 saturated carbocycles. The lowest BCUT2D eigenvalue weighted by atomic mass is 10.1. The number of hydrogen-bond donors (Lipinski definition) is 3. The van der Waals surface area contributed by atoms with Crippen LogP contribution in [0, 0.1) is 17.3 Å². The average molecular weight is 272 g/mol. The normalized spacial score (nSPS) is 23.5. The van der Waals surface area contributed by atoms with Crippen LogP contribution in [0.2, 0.25) is 0 Å². The molecule has 7 nitrogen and oxygen atoms in total. The molecule has 0 aliphatic heterocycles. The van der Waals surface area contributed by atoms with E-state index in [1.165, 1.54) is 7.11 Å². The molecule has 0 aromatic heterocycles. The van der Waals surface area contributed by atoms with Crippen molar-refractivity contribution in [2.75, 3.05) is 26.8 Å². The molecular weight excluding hydrogens is 252 g/mol. The lowest BCUT2D eigenvalue weighted by molar-refractivity contribution is -0.140. The van der Waals surface area contributed by atoms with Gasteiger partial charge in [-0.15, -0.1) is 0 Å². The van der Waals surface area contributed by atoms with Gasteiger partial charge in [-0.1, -0.05) is 13.8 Å². The molecule has 1 aliphatic carbocycles. The zero-order chi connectivity index (χ0) is 14.6. The van der Waals surface area contributed by atoms with Crippen LogP contribution < -0.4 is 10.6 Å². The number of carboxylic acids is 1. The Labute approximate surface area is 111 Å². The Morgan fingerprint density at radius 2 is 1.84 bits per heavy atom. The highest BCUT2D eigenvalue weighted by atomic mass is 16.5. The number of aliphatic carboxylic acids is 1. The Hall–Kier alpha value is -1.63. The molecule has 1 aliphatic rings. The van der Waals surface area contributed by atoms with Crippen LogP contribution in [0.4, 0.5) is 0 Å².